The van der Waals surface area contributed by atoms with Crippen molar-refractivity contribution in [3.05, 3.63) is 44.7 Å². The summed E-state index contributed by atoms with van der Waals surface area (Å²) in [5, 5.41) is 12.1. The molecule has 8 nitrogen and oxygen atoms in total. The highest BCUT2D eigenvalue weighted by Crippen LogP contribution is 2.50. The van der Waals surface area contributed by atoms with E-state index in [1.807, 2.05) is 0 Å². The maximum Gasteiger partial charge on any atom is 0.349 e. The summed E-state index contributed by atoms with van der Waals surface area (Å²) in [6.07, 6.45) is 0. The van der Waals surface area contributed by atoms with E-state index in [9.17, 15) is 24.3 Å². The lowest BCUT2D eigenvalue weighted by molar-refractivity contribution is -0.159. The Balaban J connectivity index is 1.59. The standard InChI is InChI=1S/C18H15BrN2O6S/c1-18(2)12(16(24)25)21-14(23)11(15(21)28-18)20-13(22)9-6-7-5-8(19)3-4-10(7)27-17(9)26/h3-6,11-12,15H,1-2H3,(H,20,22)(H,24,25). The van der Waals surface area contributed by atoms with Gasteiger partial charge in [0.25, 0.3) is 5.91 Å². The number of nitrogens with zero attached hydrogens (tertiary/aromatic N) is 1. The quantitative estimate of drug-likeness (QED) is 0.522. The Bertz CT molecular complexity index is 1100. The number of halogens is 1. The third-order valence-corrected chi connectivity index (χ3v) is 6.97. The highest BCUT2D eigenvalue weighted by molar-refractivity contribution is 9.10. The van der Waals surface area contributed by atoms with Crippen LogP contribution in [0.4, 0.5) is 0 Å². The number of benzene rings is 1. The largest absolute Gasteiger partial charge is 0.480 e. The Kier molecular flexibility index (Phi) is 4.31. The molecule has 1 aromatic carbocycles. The highest BCUT2D eigenvalue weighted by atomic mass is 79.9. The SMILES string of the molecule is CC1(C)SC2C(NC(=O)c3cc4cc(Br)ccc4oc3=O)C(=O)N2C1C(=O)O. The zero-order valence-corrected chi connectivity index (χ0v) is 17.2. The van der Waals surface area contributed by atoms with Gasteiger partial charge in [0, 0.05) is 14.6 Å². The summed E-state index contributed by atoms with van der Waals surface area (Å²) in [6, 6.07) is 4.58. The second-order valence-corrected chi connectivity index (χ2v) is 9.87. The van der Waals surface area contributed by atoms with E-state index in [1.165, 1.54) is 22.7 Å². The van der Waals surface area contributed by atoms with Crippen LogP contribution >= 0.6 is 27.7 Å². The van der Waals surface area contributed by atoms with Crippen LogP contribution in [-0.4, -0.2) is 50.0 Å². The van der Waals surface area contributed by atoms with E-state index < -0.39 is 45.6 Å². The first kappa shape index (κ1) is 19.0. The van der Waals surface area contributed by atoms with Crippen LogP contribution in [0.3, 0.4) is 0 Å². The Morgan fingerprint density at radius 2 is 2.00 bits per heavy atom. The summed E-state index contributed by atoms with van der Waals surface area (Å²) < 4.78 is 5.25. The summed E-state index contributed by atoms with van der Waals surface area (Å²) in [7, 11) is 0. The van der Waals surface area contributed by atoms with Crippen molar-refractivity contribution in [2.45, 2.75) is 36.1 Å². The average Bonchev–Trinajstić information content (AvgIpc) is 2.87. The lowest BCUT2D eigenvalue weighted by Gasteiger charge is -2.43. The van der Waals surface area contributed by atoms with Crippen molar-refractivity contribution in [2.24, 2.45) is 0 Å². The first-order chi connectivity index (χ1) is 13.1. The lowest BCUT2D eigenvalue weighted by Crippen LogP contribution is -2.70. The van der Waals surface area contributed by atoms with Gasteiger partial charge in [0.2, 0.25) is 5.91 Å². The number of fused-ring (bicyclic) bond motifs is 2. The molecule has 2 N–H and O–H groups in total. The first-order valence-electron chi connectivity index (χ1n) is 8.37. The van der Waals surface area contributed by atoms with Crippen LogP contribution in [0.15, 0.2) is 37.9 Å². The number of hydrogen-bond acceptors (Lipinski definition) is 6. The van der Waals surface area contributed by atoms with Gasteiger partial charge in [-0.25, -0.2) is 9.59 Å². The summed E-state index contributed by atoms with van der Waals surface area (Å²) >= 11 is 4.63. The Morgan fingerprint density at radius 1 is 1.29 bits per heavy atom. The van der Waals surface area contributed by atoms with E-state index in [4.69, 9.17) is 4.42 Å². The molecule has 28 heavy (non-hydrogen) atoms. The molecule has 0 bridgehead atoms. The zero-order valence-electron chi connectivity index (χ0n) is 14.8. The monoisotopic (exact) mass is 466 g/mol. The van der Waals surface area contributed by atoms with Crippen molar-refractivity contribution in [1.82, 2.24) is 10.2 Å². The van der Waals surface area contributed by atoms with Crippen molar-refractivity contribution in [3.8, 4) is 0 Å². The molecule has 10 heteroatoms. The van der Waals surface area contributed by atoms with E-state index in [-0.39, 0.29) is 5.56 Å². The number of rotatable bonds is 3. The average molecular weight is 467 g/mol. The molecule has 0 radical (unpaired) electrons. The van der Waals surface area contributed by atoms with Crippen LogP contribution in [0.5, 0.6) is 0 Å². The van der Waals surface area contributed by atoms with E-state index in [0.717, 1.165) is 4.47 Å². The maximum absolute atomic E-state index is 12.6. The fourth-order valence-electron chi connectivity index (χ4n) is 3.62. The second-order valence-electron chi connectivity index (χ2n) is 7.18. The van der Waals surface area contributed by atoms with E-state index >= 15 is 0 Å². The van der Waals surface area contributed by atoms with Crippen molar-refractivity contribution in [2.75, 3.05) is 0 Å². The molecule has 146 valence electrons. The Labute approximate surface area is 171 Å². The Morgan fingerprint density at radius 3 is 2.68 bits per heavy atom. The first-order valence-corrected chi connectivity index (χ1v) is 10.0. The number of carbonyl (C=O) groups is 3. The van der Waals surface area contributed by atoms with Gasteiger partial charge in [-0.15, -0.1) is 11.8 Å². The van der Waals surface area contributed by atoms with Gasteiger partial charge in [0.05, 0.1) is 0 Å². The molecule has 4 rings (SSSR count). The molecule has 0 spiro atoms. The van der Waals surface area contributed by atoms with Crippen LogP contribution in [0.1, 0.15) is 24.2 Å². The summed E-state index contributed by atoms with van der Waals surface area (Å²) in [4.78, 5) is 50.1. The Hall–Kier alpha value is -2.33. The number of aliphatic carboxylic acids is 1. The lowest BCUT2D eigenvalue weighted by atomic mass is 9.96. The van der Waals surface area contributed by atoms with Gasteiger partial charge in [-0.05, 0) is 38.1 Å². The van der Waals surface area contributed by atoms with Crippen LogP contribution < -0.4 is 10.9 Å². The molecule has 0 aliphatic carbocycles. The number of amides is 2. The fourth-order valence-corrected chi connectivity index (χ4v) is 5.62. The van der Waals surface area contributed by atoms with Crippen molar-refractivity contribution >= 4 is 56.4 Å². The molecule has 1 aromatic heterocycles. The van der Waals surface area contributed by atoms with Gasteiger partial charge in [0.15, 0.2) is 0 Å². The van der Waals surface area contributed by atoms with E-state index in [0.29, 0.717) is 11.0 Å². The van der Waals surface area contributed by atoms with Crippen LogP contribution in [0.25, 0.3) is 11.0 Å². The van der Waals surface area contributed by atoms with Gasteiger partial charge in [-0.2, -0.15) is 0 Å². The topological polar surface area (TPSA) is 117 Å². The van der Waals surface area contributed by atoms with Gasteiger partial charge in [0.1, 0.15) is 28.6 Å². The van der Waals surface area contributed by atoms with Crippen LogP contribution in [0, 0.1) is 0 Å². The predicted octanol–water partition coefficient (Wildman–Crippen LogP) is 1.80. The van der Waals surface area contributed by atoms with Crippen molar-refractivity contribution < 1.29 is 23.9 Å². The molecule has 2 aliphatic rings. The zero-order chi connectivity index (χ0) is 20.4. The smallest absolute Gasteiger partial charge is 0.349 e. The summed E-state index contributed by atoms with van der Waals surface area (Å²) in [6.45, 7) is 3.49. The summed E-state index contributed by atoms with van der Waals surface area (Å²) in [5.41, 5.74) is -0.680. The predicted molar refractivity (Wildman–Crippen MR) is 105 cm³/mol. The number of nitrogens with one attached hydrogen (secondary N) is 1. The summed E-state index contributed by atoms with van der Waals surface area (Å²) in [5.74, 6) is -2.29. The van der Waals surface area contributed by atoms with Crippen LogP contribution in [-0.2, 0) is 9.59 Å². The number of β-lactam (4-membered cyclic amide) rings is 1. The third-order valence-electron chi connectivity index (χ3n) is 4.90. The number of carbonyl (C=O) groups excluding carboxylic acids is 2. The van der Waals surface area contributed by atoms with Crippen LogP contribution in [0.2, 0.25) is 0 Å². The maximum atomic E-state index is 12.6. The molecule has 2 saturated heterocycles. The van der Waals surface area contributed by atoms with Crippen molar-refractivity contribution in [1.29, 1.82) is 0 Å². The normalized spacial score (nSPS) is 25.3. The molecule has 3 atom stereocenters. The number of carboxylic acid groups (broad SMARTS) is 1. The molecule has 3 heterocycles. The minimum atomic E-state index is -1.08. The molecule has 2 fully saturated rings. The molecule has 3 unspecified atom stereocenters. The molecule has 2 aliphatic heterocycles. The molecule has 0 saturated carbocycles. The van der Waals surface area contributed by atoms with Gasteiger partial charge in [-0.3, -0.25) is 9.59 Å². The second kappa shape index (κ2) is 6.35. The third kappa shape index (κ3) is 2.82. The number of hydrogen-bond donors (Lipinski definition) is 2. The molecule has 2 aromatic rings. The van der Waals surface area contributed by atoms with E-state index in [1.54, 1.807) is 32.0 Å². The molecule has 2 amide bonds. The molecular formula is C18H15BrN2O6S. The minimum absolute atomic E-state index is 0.214. The number of carboxylic acids is 1. The highest BCUT2D eigenvalue weighted by Gasteiger charge is 2.64. The van der Waals surface area contributed by atoms with Gasteiger partial charge in [-0.1, -0.05) is 15.9 Å². The number of thioether (sulfide) groups is 1. The molecular weight excluding hydrogens is 452 g/mol. The van der Waals surface area contributed by atoms with Crippen molar-refractivity contribution in [3.63, 3.8) is 0 Å². The van der Waals surface area contributed by atoms with Gasteiger partial charge < -0.3 is 19.7 Å². The van der Waals surface area contributed by atoms with Gasteiger partial charge >= 0.3 is 11.6 Å². The minimum Gasteiger partial charge on any atom is -0.480 e. The fraction of sp³-hybridized carbons (Fsp3) is 0.333. The van der Waals surface area contributed by atoms with E-state index in [2.05, 4.69) is 21.2 Å².